The second-order valence-electron chi connectivity index (χ2n) is 4.58. The quantitative estimate of drug-likeness (QED) is 0.753. The summed E-state index contributed by atoms with van der Waals surface area (Å²) in [4.78, 5) is 11.6. The number of ether oxygens (including phenoxy) is 1. The van der Waals surface area contributed by atoms with Crippen LogP contribution >= 0.6 is 0 Å². The number of rotatable bonds is 4. The first-order valence-corrected chi connectivity index (χ1v) is 7.86. The summed E-state index contributed by atoms with van der Waals surface area (Å²) in [5.41, 5.74) is 5.55. The fourth-order valence-electron chi connectivity index (χ4n) is 2.22. The summed E-state index contributed by atoms with van der Waals surface area (Å²) in [6.07, 6.45) is 2.10. The molecule has 9 heteroatoms. The van der Waals surface area contributed by atoms with Crippen LogP contribution in [0.1, 0.15) is 19.8 Å². The molecule has 1 aliphatic rings. The number of esters is 1. The van der Waals surface area contributed by atoms with Gasteiger partial charge in [0.15, 0.2) is 0 Å². The van der Waals surface area contributed by atoms with E-state index in [0.29, 0.717) is 19.4 Å². The van der Waals surface area contributed by atoms with E-state index in [9.17, 15) is 13.2 Å². The highest BCUT2D eigenvalue weighted by molar-refractivity contribution is 7.89. The number of anilines is 1. The molecule has 3 N–H and O–H groups in total. The number of H-pyrrole nitrogens is 1. The molecule has 1 fully saturated rings. The first-order valence-electron chi connectivity index (χ1n) is 6.42. The highest BCUT2D eigenvalue weighted by Crippen LogP contribution is 2.26. The fourth-order valence-corrected chi connectivity index (χ4v) is 3.70. The lowest BCUT2D eigenvalue weighted by molar-refractivity contribution is -0.149. The predicted octanol–water partition coefficient (Wildman–Crippen LogP) is -0.0443. The Bertz CT molecular complexity index is 575. The first-order chi connectivity index (χ1) is 9.46. The molecule has 0 saturated carbocycles. The molecule has 0 aliphatic carbocycles. The van der Waals surface area contributed by atoms with E-state index in [1.807, 2.05) is 0 Å². The van der Waals surface area contributed by atoms with Crippen molar-refractivity contribution in [2.24, 2.45) is 5.92 Å². The summed E-state index contributed by atoms with van der Waals surface area (Å²) in [5, 5.41) is 6.03. The van der Waals surface area contributed by atoms with Crippen LogP contribution in [0.5, 0.6) is 0 Å². The molecule has 112 valence electrons. The van der Waals surface area contributed by atoms with Crippen LogP contribution in [0.15, 0.2) is 11.1 Å². The van der Waals surface area contributed by atoms with Crippen molar-refractivity contribution in [3.63, 3.8) is 0 Å². The van der Waals surface area contributed by atoms with Crippen molar-refractivity contribution in [3.05, 3.63) is 6.20 Å². The predicted molar refractivity (Wildman–Crippen MR) is 71.1 cm³/mol. The zero-order chi connectivity index (χ0) is 14.8. The Morgan fingerprint density at radius 2 is 2.20 bits per heavy atom. The SMILES string of the molecule is CCOC(=O)C1CCN(S(=O)(=O)c2cn[nH]c2N)CC1. The number of hydrogen-bond acceptors (Lipinski definition) is 6. The van der Waals surface area contributed by atoms with Crippen molar-refractivity contribution in [1.82, 2.24) is 14.5 Å². The lowest BCUT2D eigenvalue weighted by Crippen LogP contribution is -2.40. The lowest BCUT2D eigenvalue weighted by Gasteiger charge is -2.29. The molecule has 1 aromatic heterocycles. The van der Waals surface area contributed by atoms with Crippen molar-refractivity contribution in [2.45, 2.75) is 24.7 Å². The maximum atomic E-state index is 12.3. The van der Waals surface area contributed by atoms with E-state index in [1.165, 1.54) is 10.5 Å². The van der Waals surface area contributed by atoms with E-state index in [2.05, 4.69) is 10.2 Å². The van der Waals surface area contributed by atoms with Gasteiger partial charge in [-0.05, 0) is 19.8 Å². The van der Waals surface area contributed by atoms with E-state index >= 15 is 0 Å². The Labute approximate surface area is 117 Å². The van der Waals surface area contributed by atoms with Crippen molar-refractivity contribution in [2.75, 3.05) is 25.4 Å². The number of carbonyl (C=O) groups is 1. The molecule has 0 atom stereocenters. The van der Waals surface area contributed by atoms with Crippen LogP contribution in [0.3, 0.4) is 0 Å². The van der Waals surface area contributed by atoms with Gasteiger partial charge in [-0.1, -0.05) is 0 Å². The van der Waals surface area contributed by atoms with Gasteiger partial charge in [0, 0.05) is 13.1 Å². The van der Waals surface area contributed by atoms with E-state index < -0.39 is 10.0 Å². The number of aromatic amines is 1. The number of sulfonamides is 1. The standard InChI is InChI=1S/C11H18N4O4S/c1-2-19-11(16)8-3-5-15(6-4-8)20(17,18)9-7-13-14-10(9)12/h7-8H,2-6H2,1H3,(H3,12,13,14). The summed E-state index contributed by atoms with van der Waals surface area (Å²) >= 11 is 0. The molecule has 0 amide bonds. The number of nitrogen functional groups attached to an aromatic ring is 1. The van der Waals surface area contributed by atoms with Gasteiger partial charge in [0.1, 0.15) is 10.7 Å². The van der Waals surface area contributed by atoms with Crippen LogP contribution in [0, 0.1) is 5.92 Å². The maximum absolute atomic E-state index is 12.3. The van der Waals surface area contributed by atoms with Crippen molar-refractivity contribution in [1.29, 1.82) is 0 Å². The third-order valence-electron chi connectivity index (χ3n) is 3.32. The minimum Gasteiger partial charge on any atom is -0.466 e. The van der Waals surface area contributed by atoms with Gasteiger partial charge in [-0.25, -0.2) is 8.42 Å². The highest BCUT2D eigenvalue weighted by Gasteiger charge is 2.34. The van der Waals surface area contributed by atoms with Gasteiger partial charge < -0.3 is 10.5 Å². The molecule has 2 heterocycles. The number of nitrogens with two attached hydrogens (primary N) is 1. The molecule has 0 unspecified atom stereocenters. The minimum absolute atomic E-state index is 0.0212. The summed E-state index contributed by atoms with van der Waals surface area (Å²) in [7, 11) is -3.65. The number of piperidine rings is 1. The van der Waals surface area contributed by atoms with Crippen molar-refractivity contribution < 1.29 is 17.9 Å². The van der Waals surface area contributed by atoms with Gasteiger partial charge in [-0.3, -0.25) is 9.89 Å². The summed E-state index contributed by atoms with van der Waals surface area (Å²) in [5.74, 6) is -0.465. The third-order valence-corrected chi connectivity index (χ3v) is 5.25. The first kappa shape index (κ1) is 14.8. The van der Waals surface area contributed by atoms with Gasteiger partial charge in [0.05, 0.1) is 18.7 Å². The smallest absolute Gasteiger partial charge is 0.309 e. The van der Waals surface area contributed by atoms with Gasteiger partial charge in [0.2, 0.25) is 10.0 Å². The topological polar surface area (TPSA) is 118 Å². The van der Waals surface area contributed by atoms with Crippen LogP contribution < -0.4 is 5.73 Å². The van der Waals surface area contributed by atoms with Gasteiger partial charge in [-0.2, -0.15) is 9.40 Å². The third kappa shape index (κ3) is 2.78. The van der Waals surface area contributed by atoms with Gasteiger partial charge >= 0.3 is 5.97 Å². The Kier molecular flexibility index (Phi) is 4.29. The molecular formula is C11H18N4O4S. The molecule has 1 aromatic rings. The number of nitrogens with zero attached hydrogens (tertiary/aromatic N) is 2. The molecule has 0 aromatic carbocycles. The summed E-state index contributed by atoms with van der Waals surface area (Å²) in [6, 6.07) is 0. The number of carbonyl (C=O) groups excluding carboxylic acids is 1. The Balaban J connectivity index is 2.04. The second-order valence-corrected chi connectivity index (χ2v) is 6.48. The van der Waals surface area contributed by atoms with Gasteiger partial charge in [-0.15, -0.1) is 0 Å². The molecule has 20 heavy (non-hydrogen) atoms. The highest BCUT2D eigenvalue weighted by atomic mass is 32.2. The molecule has 0 spiro atoms. The summed E-state index contributed by atoms with van der Waals surface area (Å²) in [6.45, 7) is 2.63. The zero-order valence-electron chi connectivity index (χ0n) is 11.2. The van der Waals surface area contributed by atoms with Crippen LogP contribution in [-0.4, -0.2) is 48.6 Å². The van der Waals surface area contributed by atoms with Crippen LogP contribution in [0.4, 0.5) is 5.82 Å². The molecular weight excluding hydrogens is 284 g/mol. The molecule has 8 nitrogen and oxygen atoms in total. The summed E-state index contributed by atoms with van der Waals surface area (Å²) < 4.78 is 31.0. The van der Waals surface area contributed by atoms with E-state index in [-0.39, 0.29) is 35.7 Å². The molecule has 2 rings (SSSR count). The number of nitrogens with one attached hydrogen (secondary N) is 1. The largest absolute Gasteiger partial charge is 0.466 e. The average molecular weight is 302 g/mol. The zero-order valence-corrected chi connectivity index (χ0v) is 12.0. The van der Waals surface area contributed by atoms with E-state index in [4.69, 9.17) is 10.5 Å². The Morgan fingerprint density at radius 3 is 2.70 bits per heavy atom. The monoisotopic (exact) mass is 302 g/mol. The number of hydrogen-bond donors (Lipinski definition) is 2. The molecule has 0 bridgehead atoms. The normalized spacial score (nSPS) is 18.1. The van der Waals surface area contributed by atoms with Gasteiger partial charge in [0.25, 0.3) is 0 Å². The molecule has 1 saturated heterocycles. The van der Waals surface area contributed by atoms with E-state index in [0.717, 1.165) is 0 Å². The minimum atomic E-state index is -3.65. The molecule has 1 aliphatic heterocycles. The van der Waals surface area contributed by atoms with Crippen LogP contribution in [0.2, 0.25) is 0 Å². The second kappa shape index (κ2) is 5.80. The van der Waals surface area contributed by atoms with Crippen molar-refractivity contribution in [3.8, 4) is 0 Å². The van der Waals surface area contributed by atoms with Crippen molar-refractivity contribution >= 4 is 21.8 Å². The maximum Gasteiger partial charge on any atom is 0.309 e. The Morgan fingerprint density at radius 1 is 1.55 bits per heavy atom. The van der Waals surface area contributed by atoms with Crippen LogP contribution in [0.25, 0.3) is 0 Å². The lowest BCUT2D eigenvalue weighted by atomic mass is 9.98. The number of aromatic nitrogens is 2. The van der Waals surface area contributed by atoms with E-state index in [1.54, 1.807) is 6.92 Å². The fraction of sp³-hybridized carbons (Fsp3) is 0.636. The van der Waals surface area contributed by atoms with Crippen LogP contribution in [-0.2, 0) is 19.6 Å². The Hall–Kier alpha value is -1.61. The average Bonchev–Trinajstić information content (AvgIpc) is 2.86. The molecule has 0 radical (unpaired) electrons.